The number of methoxy groups -OCH3 is 1. The van der Waals surface area contributed by atoms with Gasteiger partial charge in [0.1, 0.15) is 5.66 Å². The van der Waals surface area contributed by atoms with E-state index < -0.39 is 5.66 Å². The fourth-order valence-corrected chi connectivity index (χ4v) is 4.20. The summed E-state index contributed by atoms with van der Waals surface area (Å²) in [6, 6.07) is 15.5. The smallest absolute Gasteiger partial charge is 0.337 e. The first kappa shape index (κ1) is 17.3. The summed E-state index contributed by atoms with van der Waals surface area (Å²) in [6.07, 6.45) is 4.05. The number of esters is 1. The third-order valence-corrected chi connectivity index (χ3v) is 5.73. The Morgan fingerprint density at radius 1 is 1.15 bits per heavy atom. The number of carbonyl (C=O) groups excluding carboxylic acids is 2. The summed E-state index contributed by atoms with van der Waals surface area (Å²) in [7, 11) is 1.37. The number of fused-ring (bicyclic) bond motifs is 3. The van der Waals surface area contributed by atoms with E-state index in [-0.39, 0.29) is 17.3 Å². The monoisotopic (exact) mass is 362 g/mol. The second kappa shape index (κ2) is 5.98. The van der Waals surface area contributed by atoms with E-state index in [0.29, 0.717) is 12.1 Å². The number of rotatable bonds is 3. The van der Waals surface area contributed by atoms with Crippen molar-refractivity contribution in [2.45, 2.75) is 24.9 Å². The van der Waals surface area contributed by atoms with Crippen molar-refractivity contribution in [3.05, 3.63) is 71.3 Å². The molecular formula is C22H22N2O3. The Balaban J connectivity index is 1.72. The van der Waals surface area contributed by atoms with E-state index in [1.807, 2.05) is 30.3 Å². The van der Waals surface area contributed by atoms with Gasteiger partial charge in [0.15, 0.2) is 0 Å². The Hall–Kier alpha value is -3.08. The maximum Gasteiger partial charge on any atom is 0.337 e. The van der Waals surface area contributed by atoms with Crippen molar-refractivity contribution >= 4 is 23.6 Å². The highest BCUT2D eigenvalue weighted by molar-refractivity contribution is 5.92. The molecule has 2 aromatic carbocycles. The number of carbonyl (C=O) groups is 2. The lowest BCUT2D eigenvalue weighted by Crippen LogP contribution is -2.58. The predicted octanol–water partition coefficient (Wildman–Crippen LogP) is 3.11. The third kappa shape index (κ3) is 2.46. The Morgan fingerprint density at radius 3 is 2.56 bits per heavy atom. The zero-order chi connectivity index (χ0) is 19.2. The molecule has 1 N–H and O–H groups in total. The average molecular weight is 362 g/mol. The van der Waals surface area contributed by atoms with Crippen molar-refractivity contribution in [2.24, 2.45) is 0 Å². The molecule has 1 fully saturated rings. The summed E-state index contributed by atoms with van der Waals surface area (Å²) in [6.45, 7) is 4.65. The zero-order valence-electron chi connectivity index (χ0n) is 15.7. The predicted molar refractivity (Wildman–Crippen MR) is 105 cm³/mol. The Bertz CT molecular complexity index is 946. The molecule has 2 aromatic rings. The van der Waals surface area contributed by atoms with Crippen molar-refractivity contribution < 1.29 is 14.3 Å². The number of nitrogens with one attached hydrogen (secondary N) is 1. The lowest BCUT2D eigenvalue weighted by Gasteiger charge is -2.40. The quantitative estimate of drug-likeness (QED) is 0.853. The van der Waals surface area contributed by atoms with Crippen LogP contribution in [0.1, 0.15) is 35.3 Å². The molecular weight excluding hydrogens is 340 g/mol. The Kier molecular flexibility index (Phi) is 3.84. The van der Waals surface area contributed by atoms with Gasteiger partial charge in [-0.2, -0.15) is 0 Å². The van der Waals surface area contributed by atoms with Crippen LogP contribution < -0.4 is 10.2 Å². The van der Waals surface area contributed by atoms with Crippen LogP contribution in [0.5, 0.6) is 0 Å². The second-order valence-corrected chi connectivity index (χ2v) is 7.49. The van der Waals surface area contributed by atoms with Gasteiger partial charge in [-0.25, -0.2) is 4.79 Å². The maximum absolute atomic E-state index is 12.3. The van der Waals surface area contributed by atoms with Crippen molar-refractivity contribution in [1.82, 2.24) is 5.32 Å². The first-order chi connectivity index (χ1) is 12.9. The zero-order valence-corrected chi connectivity index (χ0v) is 15.7. The molecule has 0 bridgehead atoms. The average Bonchev–Trinajstić information content (AvgIpc) is 3.11. The van der Waals surface area contributed by atoms with Crippen LogP contribution >= 0.6 is 0 Å². The summed E-state index contributed by atoms with van der Waals surface area (Å²) < 4.78 is 4.74. The van der Waals surface area contributed by atoms with Crippen LogP contribution in [0.15, 0.2) is 54.6 Å². The van der Waals surface area contributed by atoms with Gasteiger partial charge in [-0.15, -0.1) is 0 Å². The van der Waals surface area contributed by atoms with Gasteiger partial charge in [0, 0.05) is 11.1 Å². The standard InChI is InChI=1S/C22H22N2O3/c1-21(2)17-6-4-5-7-18(17)24-14-19(25)23-22(21,24)13-12-15-8-10-16(11-9-15)20(26)27-3/h4-13H,14H2,1-3H3,(H,23,25)/t22-/m1/s1. The number of para-hydroxylation sites is 1. The van der Waals surface area contributed by atoms with E-state index in [2.05, 4.69) is 42.3 Å². The SMILES string of the molecule is COC(=O)c1ccc(C=C[C@@]23NC(=O)CN2c2ccccc2C3(C)C)cc1. The molecule has 1 atom stereocenters. The minimum atomic E-state index is -0.616. The van der Waals surface area contributed by atoms with E-state index in [1.54, 1.807) is 12.1 Å². The number of hydrogen-bond acceptors (Lipinski definition) is 4. The largest absolute Gasteiger partial charge is 0.465 e. The van der Waals surface area contributed by atoms with Gasteiger partial charge in [0.05, 0.1) is 19.2 Å². The second-order valence-electron chi connectivity index (χ2n) is 7.49. The molecule has 0 aromatic heterocycles. The van der Waals surface area contributed by atoms with Crippen molar-refractivity contribution in [3.8, 4) is 0 Å². The van der Waals surface area contributed by atoms with Crippen LogP contribution in [0.4, 0.5) is 5.69 Å². The molecule has 0 radical (unpaired) electrons. The molecule has 0 unspecified atom stereocenters. The molecule has 1 saturated heterocycles. The molecule has 0 aliphatic carbocycles. The molecule has 27 heavy (non-hydrogen) atoms. The van der Waals surface area contributed by atoms with Crippen molar-refractivity contribution in [3.63, 3.8) is 0 Å². The lowest BCUT2D eigenvalue weighted by atomic mass is 9.75. The van der Waals surface area contributed by atoms with Gasteiger partial charge in [-0.1, -0.05) is 50.3 Å². The minimum Gasteiger partial charge on any atom is -0.465 e. The Morgan fingerprint density at radius 2 is 1.85 bits per heavy atom. The van der Waals surface area contributed by atoms with Gasteiger partial charge in [0.2, 0.25) is 5.91 Å². The number of nitrogens with zero attached hydrogens (tertiary/aromatic N) is 1. The minimum absolute atomic E-state index is 0.0169. The van der Waals surface area contributed by atoms with Crippen LogP contribution in [0.3, 0.4) is 0 Å². The van der Waals surface area contributed by atoms with Crippen LogP contribution in [0, 0.1) is 0 Å². The lowest BCUT2D eigenvalue weighted by molar-refractivity contribution is -0.118. The van der Waals surface area contributed by atoms with Gasteiger partial charge >= 0.3 is 5.97 Å². The topological polar surface area (TPSA) is 58.6 Å². The number of amides is 1. The Labute approximate surface area is 158 Å². The van der Waals surface area contributed by atoms with E-state index >= 15 is 0 Å². The molecule has 0 spiro atoms. The maximum atomic E-state index is 12.3. The molecule has 5 heteroatoms. The number of anilines is 1. The molecule has 5 nitrogen and oxygen atoms in total. The van der Waals surface area contributed by atoms with Crippen molar-refractivity contribution in [2.75, 3.05) is 18.6 Å². The summed E-state index contributed by atoms with van der Waals surface area (Å²) >= 11 is 0. The van der Waals surface area contributed by atoms with E-state index in [1.165, 1.54) is 12.7 Å². The molecule has 4 rings (SSSR count). The summed E-state index contributed by atoms with van der Waals surface area (Å²) in [4.78, 5) is 26.0. The van der Waals surface area contributed by atoms with Crippen LogP contribution in [-0.2, 0) is 14.9 Å². The van der Waals surface area contributed by atoms with Gasteiger partial charge in [0.25, 0.3) is 0 Å². The number of hydrogen-bond donors (Lipinski definition) is 1. The van der Waals surface area contributed by atoms with E-state index in [9.17, 15) is 9.59 Å². The summed E-state index contributed by atoms with van der Waals surface area (Å²) in [5.41, 5.74) is 2.86. The van der Waals surface area contributed by atoms with Crippen molar-refractivity contribution in [1.29, 1.82) is 0 Å². The number of ether oxygens (including phenoxy) is 1. The first-order valence-electron chi connectivity index (χ1n) is 8.95. The van der Waals surface area contributed by atoms with Gasteiger partial charge < -0.3 is 15.0 Å². The first-order valence-corrected chi connectivity index (χ1v) is 8.95. The molecule has 2 heterocycles. The summed E-state index contributed by atoms with van der Waals surface area (Å²) in [5.74, 6) is -0.339. The highest BCUT2D eigenvalue weighted by Gasteiger charge is 2.59. The molecule has 138 valence electrons. The fraction of sp³-hybridized carbons (Fsp3) is 0.273. The highest BCUT2D eigenvalue weighted by atomic mass is 16.5. The molecule has 2 aliphatic rings. The van der Waals surface area contributed by atoms with Crippen LogP contribution in [-0.4, -0.2) is 31.2 Å². The summed E-state index contributed by atoms with van der Waals surface area (Å²) in [5, 5.41) is 3.20. The normalized spacial score (nSPS) is 22.5. The third-order valence-electron chi connectivity index (χ3n) is 5.73. The molecule has 2 aliphatic heterocycles. The van der Waals surface area contributed by atoms with Crippen LogP contribution in [0.2, 0.25) is 0 Å². The van der Waals surface area contributed by atoms with Crippen LogP contribution in [0.25, 0.3) is 6.08 Å². The van der Waals surface area contributed by atoms with Gasteiger partial charge in [-0.05, 0) is 35.4 Å². The highest BCUT2D eigenvalue weighted by Crippen LogP contribution is 2.52. The molecule has 0 saturated carbocycles. The molecule has 1 amide bonds. The number of benzene rings is 2. The van der Waals surface area contributed by atoms with E-state index in [0.717, 1.165) is 11.3 Å². The van der Waals surface area contributed by atoms with E-state index in [4.69, 9.17) is 4.74 Å². The van der Waals surface area contributed by atoms with Gasteiger partial charge in [-0.3, -0.25) is 4.79 Å². The fourth-order valence-electron chi connectivity index (χ4n) is 4.20.